The van der Waals surface area contributed by atoms with Crippen LogP contribution in [0.2, 0.25) is 0 Å². The summed E-state index contributed by atoms with van der Waals surface area (Å²) in [5, 5.41) is 13.1. The SMILES string of the molecule is OC1CN(C(c2ccccc2)(c2ccccc2)c2ccccc2)Cc2ccsc21. The van der Waals surface area contributed by atoms with E-state index in [1.54, 1.807) is 11.3 Å². The molecule has 0 radical (unpaired) electrons. The lowest BCUT2D eigenvalue weighted by Gasteiger charge is -2.48. The number of hydrogen-bond donors (Lipinski definition) is 1. The van der Waals surface area contributed by atoms with Crippen molar-refractivity contribution in [3.63, 3.8) is 0 Å². The van der Waals surface area contributed by atoms with Crippen LogP contribution in [0.5, 0.6) is 0 Å². The summed E-state index contributed by atoms with van der Waals surface area (Å²) < 4.78 is 0. The minimum absolute atomic E-state index is 0.478. The molecule has 0 bridgehead atoms. The van der Waals surface area contributed by atoms with Crippen molar-refractivity contribution < 1.29 is 5.11 Å². The molecule has 0 spiro atoms. The van der Waals surface area contributed by atoms with Gasteiger partial charge in [0.1, 0.15) is 6.10 Å². The van der Waals surface area contributed by atoms with Gasteiger partial charge in [-0.05, 0) is 33.7 Å². The average molecular weight is 398 g/mol. The van der Waals surface area contributed by atoms with Crippen LogP contribution in [-0.4, -0.2) is 16.6 Å². The molecule has 0 saturated heterocycles. The van der Waals surface area contributed by atoms with Crippen LogP contribution >= 0.6 is 11.3 Å². The number of rotatable bonds is 4. The number of aliphatic hydroxyl groups is 1. The Morgan fingerprint density at radius 2 is 1.21 bits per heavy atom. The first-order valence-electron chi connectivity index (χ1n) is 9.96. The Morgan fingerprint density at radius 1 is 0.724 bits per heavy atom. The zero-order valence-corrected chi connectivity index (χ0v) is 16.9. The highest BCUT2D eigenvalue weighted by atomic mass is 32.1. The Labute approximate surface area is 175 Å². The first-order chi connectivity index (χ1) is 14.3. The van der Waals surface area contributed by atoms with Crippen molar-refractivity contribution in [1.82, 2.24) is 4.90 Å². The second-order valence-electron chi connectivity index (χ2n) is 7.51. The molecule has 1 atom stereocenters. The molecule has 0 amide bonds. The third-order valence-electron chi connectivity index (χ3n) is 5.89. The summed E-state index contributed by atoms with van der Waals surface area (Å²) in [7, 11) is 0. The van der Waals surface area contributed by atoms with Crippen molar-refractivity contribution in [2.75, 3.05) is 6.54 Å². The number of aliphatic hydroxyl groups excluding tert-OH is 1. The van der Waals surface area contributed by atoms with Crippen LogP contribution in [-0.2, 0) is 12.1 Å². The summed E-state index contributed by atoms with van der Waals surface area (Å²) in [6.07, 6.45) is -0.478. The molecule has 3 aromatic carbocycles. The van der Waals surface area contributed by atoms with Gasteiger partial charge in [-0.1, -0.05) is 91.0 Å². The van der Waals surface area contributed by atoms with Crippen LogP contribution in [0.4, 0.5) is 0 Å². The van der Waals surface area contributed by atoms with Gasteiger partial charge in [0.15, 0.2) is 0 Å². The summed E-state index contributed by atoms with van der Waals surface area (Å²) in [5.74, 6) is 0. The number of benzene rings is 3. The van der Waals surface area contributed by atoms with Gasteiger partial charge in [-0.25, -0.2) is 0 Å². The molecule has 29 heavy (non-hydrogen) atoms. The number of nitrogens with zero attached hydrogens (tertiary/aromatic N) is 1. The lowest BCUT2D eigenvalue weighted by molar-refractivity contribution is 0.0488. The molecule has 3 heteroatoms. The van der Waals surface area contributed by atoms with Crippen molar-refractivity contribution in [3.8, 4) is 0 Å². The molecule has 144 valence electrons. The zero-order chi connectivity index (χ0) is 19.7. The summed E-state index contributed by atoms with van der Waals surface area (Å²) in [6, 6.07) is 34.2. The summed E-state index contributed by atoms with van der Waals surface area (Å²) in [6.45, 7) is 1.39. The molecule has 0 fully saturated rings. The Balaban J connectivity index is 1.79. The van der Waals surface area contributed by atoms with Crippen molar-refractivity contribution in [3.05, 3.63) is 130 Å². The first-order valence-corrected chi connectivity index (χ1v) is 10.8. The largest absolute Gasteiger partial charge is 0.386 e. The predicted octanol–water partition coefficient (Wildman–Crippen LogP) is 5.59. The highest BCUT2D eigenvalue weighted by molar-refractivity contribution is 7.10. The molecule has 0 saturated carbocycles. The third kappa shape index (κ3) is 3.03. The average Bonchev–Trinajstić information content (AvgIpc) is 3.26. The number of fused-ring (bicyclic) bond motifs is 1. The topological polar surface area (TPSA) is 23.5 Å². The van der Waals surface area contributed by atoms with E-state index in [0.717, 1.165) is 11.4 Å². The highest BCUT2D eigenvalue weighted by Gasteiger charge is 2.44. The highest BCUT2D eigenvalue weighted by Crippen LogP contribution is 2.46. The lowest BCUT2D eigenvalue weighted by atomic mass is 9.74. The number of thiophene rings is 1. The van der Waals surface area contributed by atoms with E-state index in [9.17, 15) is 5.11 Å². The molecule has 1 aliphatic heterocycles. The van der Waals surface area contributed by atoms with Crippen molar-refractivity contribution in [2.45, 2.75) is 18.2 Å². The van der Waals surface area contributed by atoms with E-state index in [2.05, 4.69) is 107 Å². The normalized spacial score (nSPS) is 17.1. The molecule has 1 unspecified atom stereocenters. The molecule has 4 aromatic rings. The monoisotopic (exact) mass is 397 g/mol. The molecule has 2 heterocycles. The van der Waals surface area contributed by atoms with Crippen LogP contribution in [0.3, 0.4) is 0 Å². The van der Waals surface area contributed by atoms with Crippen LogP contribution in [0.25, 0.3) is 0 Å². The van der Waals surface area contributed by atoms with Gasteiger partial charge in [0.2, 0.25) is 0 Å². The van der Waals surface area contributed by atoms with Crippen LogP contribution in [0.1, 0.15) is 33.2 Å². The number of β-amino-alcohol motifs (C(OH)–C–C–N with tert-alkyl or cyclic N) is 1. The minimum atomic E-state index is -0.482. The molecule has 0 aliphatic carbocycles. The smallest absolute Gasteiger partial charge is 0.101 e. The summed E-state index contributed by atoms with van der Waals surface area (Å²) in [5.41, 5.74) is 4.38. The summed E-state index contributed by atoms with van der Waals surface area (Å²) >= 11 is 1.66. The summed E-state index contributed by atoms with van der Waals surface area (Å²) in [4.78, 5) is 3.54. The molecular formula is C26H23NOS. The van der Waals surface area contributed by atoms with Gasteiger partial charge in [-0.3, -0.25) is 4.90 Å². The number of hydrogen-bond acceptors (Lipinski definition) is 3. The fourth-order valence-electron chi connectivity index (χ4n) is 4.67. The molecule has 5 rings (SSSR count). The Morgan fingerprint density at radius 3 is 1.69 bits per heavy atom. The van der Waals surface area contributed by atoms with Gasteiger partial charge in [0.25, 0.3) is 0 Å². The molecule has 1 aromatic heterocycles. The van der Waals surface area contributed by atoms with Crippen molar-refractivity contribution >= 4 is 11.3 Å². The second-order valence-corrected chi connectivity index (χ2v) is 8.46. The van der Waals surface area contributed by atoms with Crippen LogP contribution in [0.15, 0.2) is 102 Å². The Kier molecular flexibility index (Phi) is 4.80. The van der Waals surface area contributed by atoms with Gasteiger partial charge < -0.3 is 5.11 Å². The van der Waals surface area contributed by atoms with Gasteiger partial charge in [0, 0.05) is 18.0 Å². The van der Waals surface area contributed by atoms with E-state index in [1.807, 2.05) is 0 Å². The molecule has 1 aliphatic rings. The van der Waals surface area contributed by atoms with E-state index in [-0.39, 0.29) is 0 Å². The third-order valence-corrected chi connectivity index (χ3v) is 6.95. The van der Waals surface area contributed by atoms with Crippen molar-refractivity contribution in [1.29, 1.82) is 0 Å². The van der Waals surface area contributed by atoms with Gasteiger partial charge in [-0.2, -0.15) is 0 Å². The molecule has 2 nitrogen and oxygen atoms in total. The van der Waals surface area contributed by atoms with Crippen LogP contribution < -0.4 is 0 Å². The fourth-order valence-corrected chi connectivity index (χ4v) is 5.57. The minimum Gasteiger partial charge on any atom is -0.386 e. The Hall–Kier alpha value is -2.72. The second kappa shape index (κ2) is 7.60. The standard InChI is InChI=1S/C26H23NOS/c28-24-19-27(18-20-16-17-29-25(20)24)26(21-10-4-1-5-11-21,22-12-6-2-7-13-22)23-14-8-3-9-15-23/h1-17,24,28H,18-19H2. The van der Waals surface area contributed by atoms with Gasteiger partial charge in [0.05, 0.1) is 5.54 Å². The van der Waals surface area contributed by atoms with Gasteiger partial charge in [-0.15, -0.1) is 11.3 Å². The fraction of sp³-hybridized carbons (Fsp3) is 0.154. The van der Waals surface area contributed by atoms with Crippen LogP contribution in [0, 0.1) is 0 Å². The van der Waals surface area contributed by atoms with Crippen molar-refractivity contribution in [2.24, 2.45) is 0 Å². The van der Waals surface area contributed by atoms with E-state index in [0.29, 0.717) is 6.54 Å². The Bertz CT molecular complexity index is 979. The predicted molar refractivity (Wildman–Crippen MR) is 119 cm³/mol. The van der Waals surface area contributed by atoms with E-state index in [4.69, 9.17) is 0 Å². The quantitative estimate of drug-likeness (QED) is 0.454. The molecule has 1 N–H and O–H groups in total. The zero-order valence-electron chi connectivity index (χ0n) is 16.1. The van der Waals surface area contributed by atoms with Gasteiger partial charge >= 0.3 is 0 Å². The maximum absolute atomic E-state index is 11.0. The first kappa shape index (κ1) is 18.3. The van der Waals surface area contributed by atoms with E-state index >= 15 is 0 Å². The van der Waals surface area contributed by atoms with E-state index in [1.165, 1.54) is 22.3 Å². The lowest BCUT2D eigenvalue weighted by Crippen LogP contribution is -2.50. The molecular weight excluding hydrogens is 374 g/mol. The maximum atomic E-state index is 11.0. The van der Waals surface area contributed by atoms with E-state index < -0.39 is 11.6 Å². The maximum Gasteiger partial charge on any atom is 0.101 e.